The predicted octanol–water partition coefficient (Wildman–Crippen LogP) is 4.60. The van der Waals surface area contributed by atoms with Gasteiger partial charge in [-0.05, 0) is 34.1 Å². The van der Waals surface area contributed by atoms with Crippen molar-refractivity contribution in [1.82, 2.24) is 0 Å². The first-order chi connectivity index (χ1) is 10.1. The van der Waals surface area contributed by atoms with Gasteiger partial charge in [0.1, 0.15) is 11.7 Å². The minimum Gasteiger partial charge on any atom is -0.496 e. The van der Waals surface area contributed by atoms with Gasteiger partial charge < -0.3 is 4.74 Å². The molecule has 0 radical (unpaired) electrons. The summed E-state index contributed by atoms with van der Waals surface area (Å²) >= 11 is 9.28. The Morgan fingerprint density at radius 2 is 2.05 bits per heavy atom. The SMILES string of the molecule is COc1ccccc1C(C#N)C(=O)c1ccc(Br)c(Cl)c1. The van der Waals surface area contributed by atoms with Crippen molar-refractivity contribution < 1.29 is 9.53 Å². The summed E-state index contributed by atoms with van der Waals surface area (Å²) in [4.78, 5) is 12.6. The molecule has 0 saturated heterocycles. The number of para-hydroxylation sites is 1. The van der Waals surface area contributed by atoms with Gasteiger partial charge in [0.15, 0.2) is 5.78 Å². The van der Waals surface area contributed by atoms with Gasteiger partial charge in [-0.1, -0.05) is 35.9 Å². The maximum absolute atomic E-state index is 12.6. The van der Waals surface area contributed by atoms with Gasteiger partial charge in [-0.25, -0.2) is 0 Å². The fourth-order valence-corrected chi connectivity index (χ4v) is 2.42. The third-order valence-electron chi connectivity index (χ3n) is 3.05. The monoisotopic (exact) mass is 363 g/mol. The summed E-state index contributed by atoms with van der Waals surface area (Å²) in [5.41, 5.74) is 0.937. The molecule has 5 heteroatoms. The minimum atomic E-state index is -0.932. The average molecular weight is 365 g/mol. The van der Waals surface area contributed by atoms with E-state index in [-0.39, 0.29) is 5.78 Å². The van der Waals surface area contributed by atoms with Crippen LogP contribution in [-0.2, 0) is 0 Å². The third-order valence-corrected chi connectivity index (χ3v) is 4.28. The summed E-state index contributed by atoms with van der Waals surface area (Å²) in [7, 11) is 1.51. The maximum Gasteiger partial charge on any atom is 0.184 e. The number of nitrogens with zero attached hydrogens (tertiary/aromatic N) is 1. The molecule has 1 unspecified atom stereocenters. The average Bonchev–Trinajstić information content (AvgIpc) is 2.51. The topological polar surface area (TPSA) is 50.1 Å². The van der Waals surface area contributed by atoms with E-state index in [0.29, 0.717) is 26.4 Å². The molecular formula is C16H11BrClNO2. The fourth-order valence-electron chi connectivity index (χ4n) is 1.99. The van der Waals surface area contributed by atoms with Crippen LogP contribution in [0.15, 0.2) is 46.9 Å². The van der Waals surface area contributed by atoms with Crippen molar-refractivity contribution >= 4 is 33.3 Å². The zero-order chi connectivity index (χ0) is 15.4. The van der Waals surface area contributed by atoms with Crippen LogP contribution < -0.4 is 4.74 Å². The molecule has 106 valence electrons. The lowest BCUT2D eigenvalue weighted by Gasteiger charge is -2.13. The lowest BCUT2D eigenvalue weighted by molar-refractivity contribution is 0.0978. The number of Topliss-reactive ketones (excluding diaryl/α,β-unsaturated/α-hetero) is 1. The Bertz CT molecular complexity index is 724. The number of halogens is 2. The van der Waals surface area contributed by atoms with Gasteiger partial charge >= 0.3 is 0 Å². The van der Waals surface area contributed by atoms with E-state index < -0.39 is 5.92 Å². The van der Waals surface area contributed by atoms with Crippen LogP contribution in [0.5, 0.6) is 5.75 Å². The maximum atomic E-state index is 12.6. The van der Waals surface area contributed by atoms with Crippen molar-refractivity contribution in [1.29, 1.82) is 5.26 Å². The summed E-state index contributed by atoms with van der Waals surface area (Å²) in [6.07, 6.45) is 0. The molecule has 0 N–H and O–H groups in total. The second kappa shape index (κ2) is 6.75. The smallest absolute Gasteiger partial charge is 0.184 e. The molecule has 1 atom stereocenters. The van der Waals surface area contributed by atoms with E-state index in [9.17, 15) is 10.1 Å². The molecule has 0 aliphatic heterocycles. The number of hydrogen-bond donors (Lipinski definition) is 0. The first-order valence-corrected chi connectivity index (χ1v) is 7.27. The lowest BCUT2D eigenvalue weighted by Crippen LogP contribution is -2.12. The molecule has 21 heavy (non-hydrogen) atoms. The normalized spacial score (nSPS) is 11.5. The molecule has 0 spiro atoms. The Kier molecular flexibility index (Phi) is 5.00. The second-order valence-electron chi connectivity index (χ2n) is 4.30. The largest absolute Gasteiger partial charge is 0.496 e. The highest BCUT2D eigenvalue weighted by molar-refractivity contribution is 9.10. The van der Waals surface area contributed by atoms with Crippen molar-refractivity contribution in [3.8, 4) is 11.8 Å². The zero-order valence-electron chi connectivity index (χ0n) is 11.1. The Morgan fingerprint density at radius 1 is 1.33 bits per heavy atom. The minimum absolute atomic E-state index is 0.309. The van der Waals surface area contributed by atoms with Crippen molar-refractivity contribution in [3.63, 3.8) is 0 Å². The number of hydrogen-bond acceptors (Lipinski definition) is 3. The van der Waals surface area contributed by atoms with Gasteiger partial charge in [-0.2, -0.15) is 5.26 Å². The second-order valence-corrected chi connectivity index (χ2v) is 5.56. The first kappa shape index (κ1) is 15.6. The van der Waals surface area contributed by atoms with Gasteiger partial charge in [0.25, 0.3) is 0 Å². The first-order valence-electron chi connectivity index (χ1n) is 6.10. The number of ketones is 1. The molecule has 2 rings (SSSR count). The van der Waals surface area contributed by atoms with Crippen LogP contribution in [0.1, 0.15) is 21.8 Å². The van der Waals surface area contributed by atoms with Gasteiger partial charge in [0, 0.05) is 15.6 Å². The molecule has 2 aromatic rings. The highest BCUT2D eigenvalue weighted by Gasteiger charge is 2.25. The van der Waals surface area contributed by atoms with Gasteiger partial charge in [-0.3, -0.25) is 4.79 Å². The molecule has 0 amide bonds. The lowest BCUT2D eigenvalue weighted by atomic mass is 9.91. The molecule has 0 saturated carbocycles. The highest BCUT2D eigenvalue weighted by Crippen LogP contribution is 2.30. The molecule has 0 heterocycles. The van der Waals surface area contributed by atoms with Crippen molar-refractivity contribution in [2.24, 2.45) is 0 Å². The Hall–Kier alpha value is -1.83. The van der Waals surface area contributed by atoms with Crippen molar-refractivity contribution in [2.75, 3.05) is 7.11 Å². The summed E-state index contributed by atoms with van der Waals surface area (Å²) in [6.45, 7) is 0. The molecular weight excluding hydrogens is 354 g/mol. The number of rotatable bonds is 4. The van der Waals surface area contributed by atoms with Gasteiger partial charge in [0.2, 0.25) is 0 Å². The van der Waals surface area contributed by atoms with E-state index in [1.165, 1.54) is 7.11 Å². The van der Waals surface area contributed by atoms with Crippen molar-refractivity contribution in [2.45, 2.75) is 5.92 Å². The van der Waals surface area contributed by atoms with Gasteiger partial charge in [-0.15, -0.1) is 0 Å². The summed E-state index contributed by atoms with van der Waals surface area (Å²) in [6, 6.07) is 13.9. The van der Waals surface area contributed by atoms with E-state index in [2.05, 4.69) is 15.9 Å². The number of nitriles is 1. The molecule has 0 fully saturated rings. The zero-order valence-corrected chi connectivity index (χ0v) is 13.5. The molecule has 0 aliphatic rings. The summed E-state index contributed by atoms with van der Waals surface area (Å²) in [5, 5.41) is 9.81. The van der Waals surface area contributed by atoms with E-state index in [0.717, 1.165) is 0 Å². The molecule has 0 aliphatic carbocycles. The van der Waals surface area contributed by atoms with E-state index in [4.69, 9.17) is 16.3 Å². The standard InChI is InChI=1S/C16H11BrClNO2/c1-21-15-5-3-2-4-11(15)12(9-19)16(20)10-6-7-13(17)14(18)8-10/h2-8,12H,1H3. The highest BCUT2D eigenvalue weighted by atomic mass is 79.9. The molecule has 3 nitrogen and oxygen atoms in total. The summed E-state index contributed by atoms with van der Waals surface area (Å²) in [5.74, 6) is -0.726. The molecule has 2 aromatic carbocycles. The third kappa shape index (κ3) is 3.26. The van der Waals surface area contributed by atoms with E-state index in [1.807, 2.05) is 6.07 Å². The van der Waals surface area contributed by atoms with Crippen molar-refractivity contribution in [3.05, 3.63) is 63.1 Å². The molecule has 0 aromatic heterocycles. The number of methoxy groups -OCH3 is 1. The summed E-state index contributed by atoms with van der Waals surface area (Å²) < 4.78 is 5.92. The number of ether oxygens (including phenoxy) is 1. The van der Waals surface area contributed by atoms with Crippen LogP contribution in [0, 0.1) is 11.3 Å². The van der Waals surface area contributed by atoms with Crippen LogP contribution in [0.4, 0.5) is 0 Å². The predicted molar refractivity (Wildman–Crippen MR) is 84.8 cm³/mol. The van der Waals surface area contributed by atoms with E-state index in [1.54, 1.807) is 42.5 Å². The Labute approximate surface area is 136 Å². The van der Waals surface area contributed by atoms with Crippen LogP contribution in [0.25, 0.3) is 0 Å². The Balaban J connectivity index is 2.44. The van der Waals surface area contributed by atoms with E-state index >= 15 is 0 Å². The van der Waals surface area contributed by atoms with Crippen LogP contribution in [0.3, 0.4) is 0 Å². The van der Waals surface area contributed by atoms with Gasteiger partial charge in [0.05, 0.1) is 18.2 Å². The van der Waals surface area contributed by atoms with Crippen LogP contribution in [0.2, 0.25) is 5.02 Å². The number of benzene rings is 2. The number of carbonyl (C=O) groups excluding carboxylic acids is 1. The fraction of sp³-hybridized carbons (Fsp3) is 0.125. The quantitative estimate of drug-likeness (QED) is 0.745. The molecule has 0 bridgehead atoms. The van der Waals surface area contributed by atoms with Crippen LogP contribution in [-0.4, -0.2) is 12.9 Å². The Morgan fingerprint density at radius 3 is 2.67 bits per heavy atom. The van der Waals surface area contributed by atoms with Crippen LogP contribution >= 0.6 is 27.5 Å². The number of carbonyl (C=O) groups is 1.